The van der Waals surface area contributed by atoms with Gasteiger partial charge >= 0.3 is 12.1 Å². The topological polar surface area (TPSA) is 35.5 Å². The van der Waals surface area contributed by atoms with Crippen molar-refractivity contribution >= 4 is 28.6 Å². The number of carbonyl (C=O) groups excluding carboxylic acids is 1. The Morgan fingerprint density at radius 3 is 2.36 bits per heavy atom. The number of ether oxygens (including phenoxy) is 2. The van der Waals surface area contributed by atoms with Crippen LogP contribution in [0.5, 0.6) is 0 Å². The molecule has 0 radical (unpaired) electrons. The van der Waals surface area contributed by atoms with Crippen molar-refractivity contribution in [1.29, 1.82) is 0 Å². The van der Waals surface area contributed by atoms with Gasteiger partial charge in [-0.1, -0.05) is 13.3 Å². The predicted octanol–water partition coefficient (Wildman–Crippen LogP) is 4.20. The van der Waals surface area contributed by atoms with Crippen molar-refractivity contribution in [2.75, 3.05) is 13.2 Å². The lowest BCUT2D eigenvalue weighted by atomic mass is 9.75. The fourth-order valence-electron chi connectivity index (χ4n) is 2.59. The van der Waals surface area contributed by atoms with Crippen molar-refractivity contribution in [2.24, 2.45) is 5.41 Å². The summed E-state index contributed by atoms with van der Waals surface area (Å²) in [6.45, 7) is 1.73. The molecular weight excluding hydrogens is 412 g/mol. The maximum atomic E-state index is 13.4. The molecule has 0 amide bonds. The van der Waals surface area contributed by atoms with Crippen molar-refractivity contribution in [2.45, 2.75) is 32.0 Å². The zero-order chi connectivity index (χ0) is 16.4. The Labute approximate surface area is 140 Å². The maximum Gasteiger partial charge on any atom is 0.426 e. The van der Waals surface area contributed by atoms with E-state index in [-0.39, 0.29) is 18.8 Å². The van der Waals surface area contributed by atoms with E-state index >= 15 is 0 Å². The zero-order valence-corrected chi connectivity index (χ0v) is 14.1. The smallest absolute Gasteiger partial charge is 0.426 e. The van der Waals surface area contributed by atoms with E-state index in [9.17, 15) is 18.0 Å². The third kappa shape index (κ3) is 3.73. The lowest BCUT2D eigenvalue weighted by Gasteiger charge is -2.46. The van der Waals surface area contributed by atoms with Crippen LogP contribution in [0.25, 0.3) is 0 Å². The number of hydrogen-bond acceptors (Lipinski definition) is 3. The third-order valence-electron chi connectivity index (χ3n) is 3.69. The number of alkyl halides is 3. The molecule has 1 aromatic rings. The van der Waals surface area contributed by atoms with E-state index in [1.807, 2.05) is 22.6 Å². The van der Waals surface area contributed by atoms with E-state index in [2.05, 4.69) is 0 Å². The highest BCUT2D eigenvalue weighted by atomic mass is 127. The molecular formula is C15H16F3IO3. The Hall–Kier alpha value is -0.830. The molecule has 1 unspecified atom stereocenters. The first-order chi connectivity index (χ1) is 10.3. The first-order valence-corrected chi connectivity index (χ1v) is 7.97. The second-order valence-corrected chi connectivity index (χ2v) is 6.68. The van der Waals surface area contributed by atoms with Gasteiger partial charge in [-0.15, -0.1) is 0 Å². The molecule has 0 saturated carbocycles. The maximum absolute atomic E-state index is 13.4. The van der Waals surface area contributed by atoms with E-state index in [0.717, 1.165) is 3.57 Å². The molecule has 1 fully saturated rings. The number of rotatable bonds is 5. The molecule has 1 atom stereocenters. The molecule has 0 spiro atoms. The Morgan fingerprint density at radius 1 is 1.36 bits per heavy atom. The van der Waals surface area contributed by atoms with E-state index in [1.54, 1.807) is 19.1 Å². The van der Waals surface area contributed by atoms with Gasteiger partial charge in [0.25, 0.3) is 0 Å². The van der Waals surface area contributed by atoms with Gasteiger partial charge in [0.1, 0.15) is 0 Å². The predicted molar refractivity (Wildman–Crippen MR) is 82.6 cm³/mol. The minimum atomic E-state index is -4.61. The van der Waals surface area contributed by atoms with Gasteiger partial charge < -0.3 is 9.47 Å². The summed E-state index contributed by atoms with van der Waals surface area (Å²) in [4.78, 5) is 12.0. The second kappa shape index (κ2) is 6.74. The van der Waals surface area contributed by atoms with Gasteiger partial charge in [-0.05, 0) is 53.3 Å². The van der Waals surface area contributed by atoms with Crippen LogP contribution in [-0.2, 0) is 9.47 Å². The Morgan fingerprint density at radius 2 is 1.95 bits per heavy atom. The molecule has 0 aliphatic carbocycles. The Kier molecular flexibility index (Phi) is 5.37. The average Bonchev–Trinajstić information content (AvgIpc) is 2.40. The van der Waals surface area contributed by atoms with E-state index in [4.69, 9.17) is 9.47 Å². The molecule has 7 heteroatoms. The highest BCUT2D eigenvalue weighted by Crippen LogP contribution is 2.45. The average molecular weight is 428 g/mol. The largest absolute Gasteiger partial charge is 0.448 e. The molecule has 1 saturated heterocycles. The van der Waals surface area contributed by atoms with Crippen molar-refractivity contribution in [3.8, 4) is 0 Å². The van der Waals surface area contributed by atoms with Crippen LogP contribution < -0.4 is 0 Å². The first kappa shape index (κ1) is 17.5. The van der Waals surface area contributed by atoms with E-state index in [1.165, 1.54) is 12.1 Å². The second-order valence-electron chi connectivity index (χ2n) is 5.44. The van der Waals surface area contributed by atoms with Gasteiger partial charge in [0.15, 0.2) is 0 Å². The summed E-state index contributed by atoms with van der Waals surface area (Å²) < 4.78 is 50.8. The van der Waals surface area contributed by atoms with Crippen molar-refractivity contribution in [3.63, 3.8) is 0 Å². The highest BCUT2D eigenvalue weighted by molar-refractivity contribution is 14.1. The zero-order valence-electron chi connectivity index (χ0n) is 12.0. The van der Waals surface area contributed by atoms with Crippen LogP contribution in [0.2, 0.25) is 0 Å². The molecule has 1 heterocycles. The van der Waals surface area contributed by atoms with E-state index in [0.29, 0.717) is 12.8 Å². The van der Waals surface area contributed by atoms with Crippen molar-refractivity contribution < 1.29 is 27.4 Å². The molecule has 1 aliphatic heterocycles. The van der Waals surface area contributed by atoms with Crippen LogP contribution in [-0.4, -0.2) is 31.5 Å². The lowest BCUT2D eigenvalue weighted by Crippen LogP contribution is -2.58. The lowest BCUT2D eigenvalue weighted by molar-refractivity contribution is -0.285. The van der Waals surface area contributed by atoms with Crippen LogP contribution in [0.4, 0.5) is 13.2 Å². The van der Waals surface area contributed by atoms with Crippen LogP contribution in [0.15, 0.2) is 24.3 Å². The third-order valence-corrected chi connectivity index (χ3v) is 4.40. The summed E-state index contributed by atoms with van der Waals surface area (Å²) >= 11 is 2.05. The molecule has 3 nitrogen and oxygen atoms in total. The van der Waals surface area contributed by atoms with Crippen molar-refractivity contribution in [1.82, 2.24) is 0 Å². The Bertz CT molecular complexity index is 524. The standard InChI is InChI=1S/C15H16F3IO3/c1-2-7-14(8-21-9-14)13(15(16,17)18)22-12(20)10-3-5-11(19)6-4-10/h3-6,13H,2,7-9H2,1H3. The molecule has 2 rings (SSSR count). The summed E-state index contributed by atoms with van der Waals surface area (Å²) in [6.07, 6.45) is -5.88. The molecule has 0 N–H and O–H groups in total. The monoisotopic (exact) mass is 428 g/mol. The van der Waals surface area contributed by atoms with Gasteiger partial charge in [-0.25, -0.2) is 4.79 Å². The van der Waals surface area contributed by atoms with E-state index < -0.39 is 23.7 Å². The number of halogens is 4. The van der Waals surface area contributed by atoms with Crippen LogP contribution in [0.1, 0.15) is 30.1 Å². The fourth-order valence-corrected chi connectivity index (χ4v) is 2.95. The quantitative estimate of drug-likeness (QED) is 0.521. The van der Waals surface area contributed by atoms with Gasteiger partial charge in [-0.2, -0.15) is 13.2 Å². The number of esters is 1. The summed E-state index contributed by atoms with van der Waals surface area (Å²) in [7, 11) is 0. The summed E-state index contributed by atoms with van der Waals surface area (Å²) in [5, 5.41) is 0. The minimum Gasteiger partial charge on any atom is -0.448 e. The molecule has 0 aromatic heterocycles. The highest BCUT2D eigenvalue weighted by Gasteiger charge is 2.59. The van der Waals surface area contributed by atoms with Crippen LogP contribution in [0.3, 0.4) is 0 Å². The molecule has 1 aromatic carbocycles. The molecule has 1 aliphatic rings. The van der Waals surface area contributed by atoms with Crippen LogP contribution in [0, 0.1) is 8.99 Å². The SMILES string of the molecule is CCCC1(C(OC(=O)c2ccc(I)cc2)C(F)(F)F)COC1. The molecule has 22 heavy (non-hydrogen) atoms. The number of benzene rings is 1. The molecule has 0 bridgehead atoms. The first-order valence-electron chi connectivity index (χ1n) is 6.89. The number of carbonyl (C=O) groups is 1. The molecule has 122 valence electrons. The summed E-state index contributed by atoms with van der Waals surface area (Å²) in [5.74, 6) is -0.957. The van der Waals surface area contributed by atoms with Gasteiger partial charge in [0.05, 0.1) is 24.2 Å². The summed E-state index contributed by atoms with van der Waals surface area (Å²) in [5.41, 5.74) is -1.05. The fraction of sp³-hybridized carbons (Fsp3) is 0.533. The van der Waals surface area contributed by atoms with Crippen LogP contribution >= 0.6 is 22.6 Å². The van der Waals surface area contributed by atoms with Gasteiger partial charge in [0, 0.05) is 3.57 Å². The van der Waals surface area contributed by atoms with Gasteiger partial charge in [-0.3, -0.25) is 0 Å². The minimum absolute atomic E-state index is 0.0367. The summed E-state index contributed by atoms with van der Waals surface area (Å²) in [6, 6.07) is 6.21. The Balaban J connectivity index is 2.20. The van der Waals surface area contributed by atoms with Crippen molar-refractivity contribution in [3.05, 3.63) is 33.4 Å². The number of hydrogen-bond donors (Lipinski definition) is 0. The normalized spacial score (nSPS) is 18.4. The van der Waals surface area contributed by atoms with Gasteiger partial charge in [0.2, 0.25) is 6.10 Å².